The summed E-state index contributed by atoms with van der Waals surface area (Å²) in [6.45, 7) is 14.5. The predicted octanol–water partition coefficient (Wildman–Crippen LogP) is 5.06. The molecular formula is C38H45N5O4. The van der Waals surface area contributed by atoms with Crippen LogP contribution in [0.3, 0.4) is 0 Å². The summed E-state index contributed by atoms with van der Waals surface area (Å²) in [5.74, 6) is -0.593. The molecule has 9 heteroatoms. The Bertz CT molecular complexity index is 1740. The van der Waals surface area contributed by atoms with E-state index in [1.165, 1.54) is 0 Å². The van der Waals surface area contributed by atoms with Gasteiger partial charge in [0.1, 0.15) is 12.3 Å². The first-order valence-electron chi connectivity index (χ1n) is 16.5. The molecule has 47 heavy (non-hydrogen) atoms. The average Bonchev–Trinajstić information content (AvgIpc) is 3.46. The van der Waals surface area contributed by atoms with E-state index >= 15 is 0 Å². The third kappa shape index (κ3) is 7.12. The normalized spacial score (nSPS) is 20.3. The molecule has 2 fully saturated rings. The summed E-state index contributed by atoms with van der Waals surface area (Å²) >= 11 is 0. The van der Waals surface area contributed by atoms with Crippen LogP contribution in [0, 0.1) is 0 Å². The maximum Gasteiger partial charge on any atom is 0.323 e. The summed E-state index contributed by atoms with van der Waals surface area (Å²) in [5, 5.41) is 20.7. The average molecular weight is 636 g/mol. The molecule has 4 aromatic rings. The Balaban J connectivity index is 1.17. The molecule has 6 rings (SSSR count). The third-order valence-corrected chi connectivity index (χ3v) is 9.76. The molecule has 1 unspecified atom stereocenters. The molecule has 0 bridgehead atoms. The van der Waals surface area contributed by atoms with Crippen LogP contribution in [0.25, 0.3) is 10.9 Å². The molecular weight excluding hydrogens is 590 g/mol. The summed E-state index contributed by atoms with van der Waals surface area (Å²) in [7, 11) is 0. The van der Waals surface area contributed by atoms with Gasteiger partial charge < -0.3 is 19.7 Å². The van der Waals surface area contributed by atoms with Gasteiger partial charge in [-0.2, -0.15) is 0 Å². The van der Waals surface area contributed by atoms with E-state index in [-0.39, 0.29) is 30.3 Å². The van der Waals surface area contributed by atoms with Gasteiger partial charge in [0, 0.05) is 87.1 Å². The Hall–Kier alpha value is -4.44. The molecule has 9 nitrogen and oxygen atoms in total. The number of phenolic OH excluding ortho intramolecular Hbond substituents is 1. The lowest BCUT2D eigenvalue weighted by Crippen LogP contribution is -2.57. The summed E-state index contributed by atoms with van der Waals surface area (Å²) in [4.78, 5) is 34.4. The van der Waals surface area contributed by atoms with Crippen LogP contribution in [0.15, 0.2) is 91.6 Å². The number of benzene rings is 3. The third-order valence-electron chi connectivity index (χ3n) is 9.76. The molecule has 1 aromatic heterocycles. The minimum atomic E-state index is -0.861. The fourth-order valence-electron chi connectivity index (χ4n) is 7.36. The quantitative estimate of drug-likeness (QED) is 0.236. The van der Waals surface area contributed by atoms with E-state index in [0.29, 0.717) is 24.7 Å². The SMILES string of the molecule is C=CCN1C[C@@H](C)N(C(c2cccc(O)c2)c2cccc(C(=O)N3CCN(Cc4cccc5c4ccn5CC(=O)O)CC3)c2)C[C@H]1C. The number of phenols is 1. The highest BCUT2D eigenvalue weighted by atomic mass is 16.4. The Morgan fingerprint density at radius 3 is 2.36 bits per heavy atom. The highest BCUT2D eigenvalue weighted by Crippen LogP contribution is 2.35. The number of carbonyl (C=O) groups is 2. The molecule has 0 saturated carbocycles. The van der Waals surface area contributed by atoms with Crippen molar-refractivity contribution in [3.8, 4) is 5.75 Å². The van der Waals surface area contributed by atoms with Crippen LogP contribution in [0.4, 0.5) is 0 Å². The standard InChI is InChI=1S/C38H45N5O4/c1-4-15-41-23-28(3)43(24-27(41)2)37(30-9-6-12-33(44)22-30)29-8-5-10-31(21-29)38(47)40-19-17-39(18-20-40)25-32-11-7-13-35-34(32)14-16-42(35)26-36(45)46/h4-14,16,21-22,27-28,37,44H,1,15,17-20,23-26H2,2-3H3,(H,45,46)/t27-,28-,37?/m1/s1. The number of fused-ring (bicyclic) bond motifs is 1. The van der Waals surface area contributed by atoms with Crippen LogP contribution in [-0.4, -0.2) is 104 Å². The van der Waals surface area contributed by atoms with Crippen molar-refractivity contribution >= 4 is 22.8 Å². The second-order valence-corrected chi connectivity index (χ2v) is 13.0. The van der Waals surface area contributed by atoms with Gasteiger partial charge in [-0.05, 0) is 66.9 Å². The number of aromatic hydroxyl groups is 1. The van der Waals surface area contributed by atoms with E-state index in [1.807, 2.05) is 65.7 Å². The van der Waals surface area contributed by atoms with E-state index in [0.717, 1.165) is 66.9 Å². The fourth-order valence-corrected chi connectivity index (χ4v) is 7.36. The predicted molar refractivity (Wildman–Crippen MR) is 185 cm³/mol. The number of nitrogens with zero attached hydrogens (tertiary/aromatic N) is 5. The number of hydrogen-bond donors (Lipinski definition) is 2. The van der Waals surface area contributed by atoms with Crippen molar-refractivity contribution in [1.29, 1.82) is 0 Å². The van der Waals surface area contributed by atoms with Crippen molar-refractivity contribution in [1.82, 2.24) is 24.2 Å². The van der Waals surface area contributed by atoms with Crippen molar-refractivity contribution in [2.75, 3.05) is 45.8 Å². The Morgan fingerprint density at radius 1 is 0.915 bits per heavy atom. The van der Waals surface area contributed by atoms with E-state index in [2.05, 4.69) is 53.3 Å². The zero-order chi connectivity index (χ0) is 33.1. The molecule has 0 radical (unpaired) electrons. The number of aromatic nitrogens is 1. The van der Waals surface area contributed by atoms with E-state index < -0.39 is 5.97 Å². The number of aliphatic carboxylic acids is 1. The van der Waals surface area contributed by atoms with E-state index in [4.69, 9.17) is 0 Å². The molecule has 246 valence electrons. The lowest BCUT2D eigenvalue weighted by atomic mass is 9.92. The van der Waals surface area contributed by atoms with E-state index in [9.17, 15) is 19.8 Å². The summed E-state index contributed by atoms with van der Waals surface area (Å²) in [5.41, 5.74) is 4.81. The number of carboxylic acid groups (broad SMARTS) is 1. The number of rotatable bonds is 10. The monoisotopic (exact) mass is 635 g/mol. The molecule has 3 atom stereocenters. The zero-order valence-electron chi connectivity index (χ0n) is 27.3. The highest BCUT2D eigenvalue weighted by Gasteiger charge is 2.35. The van der Waals surface area contributed by atoms with Gasteiger partial charge in [-0.25, -0.2) is 0 Å². The fraction of sp³-hybridized carbons (Fsp3) is 0.368. The zero-order valence-corrected chi connectivity index (χ0v) is 27.3. The van der Waals surface area contributed by atoms with Gasteiger partial charge in [0.05, 0.1) is 6.04 Å². The second kappa shape index (κ2) is 14.1. The molecule has 1 amide bonds. The van der Waals surface area contributed by atoms with Gasteiger partial charge in [0.25, 0.3) is 5.91 Å². The first-order valence-corrected chi connectivity index (χ1v) is 16.5. The Kier molecular flexibility index (Phi) is 9.77. The van der Waals surface area contributed by atoms with Crippen LogP contribution in [0.1, 0.15) is 46.9 Å². The molecule has 0 aliphatic carbocycles. The molecule has 3 aromatic carbocycles. The molecule has 2 aliphatic heterocycles. The lowest BCUT2D eigenvalue weighted by molar-refractivity contribution is -0.137. The molecule has 2 N–H and O–H groups in total. The largest absolute Gasteiger partial charge is 0.508 e. The van der Waals surface area contributed by atoms with Gasteiger partial charge in [0.2, 0.25) is 0 Å². The smallest absolute Gasteiger partial charge is 0.323 e. The second-order valence-electron chi connectivity index (χ2n) is 13.0. The van der Waals surface area contributed by atoms with Crippen LogP contribution in [0.5, 0.6) is 5.75 Å². The van der Waals surface area contributed by atoms with Crippen molar-refractivity contribution in [3.05, 3.63) is 114 Å². The highest BCUT2D eigenvalue weighted by molar-refractivity contribution is 5.94. The maximum atomic E-state index is 13.9. The van der Waals surface area contributed by atoms with Crippen molar-refractivity contribution in [2.45, 2.75) is 45.1 Å². The van der Waals surface area contributed by atoms with Gasteiger partial charge in [-0.3, -0.25) is 24.3 Å². The minimum Gasteiger partial charge on any atom is -0.508 e. The molecule has 2 aliphatic rings. The van der Waals surface area contributed by atoms with Gasteiger partial charge in [0.15, 0.2) is 0 Å². The first-order chi connectivity index (χ1) is 22.7. The number of hydrogen-bond acceptors (Lipinski definition) is 6. The van der Waals surface area contributed by atoms with Crippen LogP contribution in [-0.2, 0) is 17.9 Å². The lowest BCUT2D eigenvalue weighted by Gasteiger charge is -2.47. The number of piperazine rings is 2. The Labute approximate surface area is 276 Å². The van der Waals surface area contributed by atoms with Gasteiger partial charge >= 0.3 is 5.97 Å². The van der Waals surface area contributed by atoms with E-state index in [1.54, 1.807) is 10.6 Å². The number of carbonyl (C=O) groups excluding carboxylic acids is 1. The van der Waals surface area contributed by atoms with Crippen LogP contribution < -0.4 is 0 Å². The van der Waals surface area contributed by atoms with Crippen molar-refractivity contribution < 1.29 is 19.8 Å². The molecule has 3 heterocycles. The first kappa shape index (κ1) is 32.5. The van der Waals surface area contributed by atoms with Gasteiger partial charge in [-0.1, -0.05) is 42.5 Å². The summed E-state index contributed by atoms with van der Waals surface area (Å²) < 4.78 is 1.76. The number of carboxylic acids is 1. The maximum absolute atomic E-state index is 13.9. The van der Waals surface area contributed by atoms with Crippen LogP contribution in [0.2, 0.25) is 0 Å². The number of amides is 1. The van der Waals surface area contributed by atoms with Crippen molar-refractivity contribution in [2.24, 2.45) is 0 Å². The summed E-state index contributed by atoms with van der Waals surface area (Å²) in [6, 6.07) is 24.0. The molecule has 0 spiro atoms. The minimum absolute atomic E-state index is 0.0335. The molecule has 2 saturated heterocycles. The van der Waals surface area contributed by atoms with Crippen molar-refractivity contribution in [3.63, 3.8) is 0 Å². The van der Waals surface area contributed by atoms with Gasteiger partial charge in [-0.15, -0.1) is 6.58 Å². The van der Waals surface area contributed by atoms with Crippen LogP contribution >= 0.6 is 0 Å². The Morgan fingerprint density at radius 2 is 1.64 bits per heavy atom. The topological polar surface area (TPSA) is 92.5 Å². The summed E-state index contributed by atoms with van der Waals surface area (Å²) in [6.07, 6.45) is 3.80.